The summed E-state index contributed by atoms with van der Waals surface area (Å²) in [7, 11) is 0. The molecule has 1 heteroatoms. The van der Waals surface area contributed by atoms with Crippen molar-refractivity contribution in [3.8, 4) is 12.3 Å². The molecule has 2 rings (SSSR count). The highest BCUT2D eigenvalue weighted by Crippen LogP contribution is 2.18. The molecule has 0 amide bonds. The summed E-state index contributed by atoms with van der Waals surface area (Å²) in [6.07, 6.45) is 10.4. The maximum Gasteiger partial charge on any atom is 0.0396 e. The molecule has 0 radical (unpaired) electrons. The highest BCUT2D eigenvalue weighted by molar-refractivity contribution is 5.61. The molecule has 0 spiro atoms. The Kier molecular flexibility index (Phi) is 5.26. The zero-order chi connectivity index (χ0) is 14.2. The van der Waals surface area contributed by atoms with Gasteiger partial charge in [-0.25, -0.2) is 0 Å². The van der Waals surface area contributed by atoms with E-state index in [9.17, 15) is 0 Å². The molecule has 0 aromatic heterocycles. The van der Waals surface area contributed by atoms with Gasteiger partial charge in [-0.1, -0.05) is 43.9 Å². The summed E-state index contributed by atoms with van der Waals surface area (Å²) in [5.74, 6) is 2.65. The van der Waals surface area contributed by atoms with Crippen LogP contribution < -0.4 is 5.32 Å². The van der Waals surface area contributed by atoms with Gasteiger partial charge in [-0.3, -0.25) is 0 Å². The number of benzene rings is 2. The molecule has 0 saturated carbocycles. The number of nitrogens with one attached hydrogen (secondary N) is 1. The third-order valence-corrected chi connectivity index (χ3v) is 3.34. The molecule has 2 aromatic rings. The Morgan fingerprint density at radius 3 is 2.50 bits per heavy atom. The molecular formula is C19H21N. The van der Waals surface area contributed by atoms with Gasteiger partial charge in [0, 0.05) is 16.9 Å². The lowest BCUT2D eigenvalue weighted by molar-refractivity contribution is 0.717. The Balaban J connectivity index is 1.98. The summed E-state index contributed by atoms with van der Waals surface area (Å²) in [6.45, 7) is 2.23. The molecule has 2 aromatic carbocycles. The van der Waals surface area contributed by atoms with E-state index in [2.05, 4.69) is 42.4 Å². The first-order chi connectivity index (χ1) is 9.81. The Morgan fingerprint density at radius 1 is 1.00 bits per heavy atom. The number of terminal acetylenes is 1. The van der Waals surface area contributed by atoms with Gasteiger partial charge in [0.25, 0.3) is 0 Å². The van der Waals surface area contributed by atoms with Crippen molar-refractivity contribution in [1.82, 2.24) is 0 Å². The lowest BCUT2D eigenvalue weighted by Crippen LogP contribution is -1.92. The number of rotatable bonds is 6. The van der Waals surface area contributed by atoms with Gasteiger partial charge in [0.1, 0.15) is 0 Å². The third-order valence-electron chi connectivity index (χ3n) is 3.34. The van der Waals surface area contributed by atoms with E-state index >= 15 is 0 Å². The van der Waals surface area contributed by atoms with E-state index in [-0.39, 0.29) is 0 Å². The fourth-order valence-electron chi connectivity index (χ4n) is 2.19. The van der Waals surface area contributed by atoms with E-state index in [1.54, 1.807) is 0 Å². The summed E-state index contributed by atoms with van der Waals surface area (Å²) in [6, 6.07) is 16.6. The Morgan fingerprint density at radius 2 is 1.80 bits per heavy atom. The van der Waals surface area contributed by atoms with E-state index in [1.807, 2.05) is 24.3 Å². The summed E-state index contributed by atoms with van der Waals surface area (Å²) in [5, 5.41) is 3.38. The lowest BCUT2D eigenvalue weighted by Gasteiger charge is -2.08. The zero-order valence-corrected chi connectivity index (χ0v) is 12.0. The van der Waals surface area contributed by atoms with Crippen LogP contribution in [0.2, 0.25) is 0 Å². The molecule has 0 atom stereocenters. The normalized spacial score (nSPS) is 10.0. The third kappa shape index (κ3) is 4.17. The van der Waals surface area contributed by atoms with E-state index in [0.29, 0.717) is 0 Å². The standard InChI is InChI=1S/C19H21N/c1-3-5-6-8-17-11-13-18(14-12-17)20-19-10-7-9-16(4-2)15-19/h2,7,9-15,20H,3,5-6,8H2,1H3. The average Bonchev–Trinajstić information content (AvgIpc) is 2.49. The van der Waals surface area contributed by atoms with E-state index in [0.717, 1.165) is 16.9 Å². The minimum absolute atomic E-state index is 0.895. The fraction of sp³-hybridized carbons (Fsp3) is 0.263. The first-order valence-corrected chi connectivity index (χ1v) is 7.24. The predicted molar refractivity (Wildman–Crippen MR) is 87.3 cm³/mol. The molecule has 0 aliphatic carbocycles. The van der Waals surface area contributed by atoms with Gasteiger partial charge in [-0.2, -0.15) is 0 Å². The van der Waals surface area contributed by atoms with Crippen molar-refractivity contribution in [2.24, 2.45) is 0 Å². The molecule has 0 heterocycles. The molecule has 1 nitrogen and oxygen atoms in total. The van der Waals surface area contributed by atoms with Crippen LogP contribution in [-0.4, -0.2) is 0 Å². The van der Waals surface area contributed by atoms with Crippen LogP contribution in [0.25, 0.3) is 0 Å². The van der Waals surface area contributed by atoms with Crippen LogP contribution in [0.15, 0.2) is 48.5 Å². The fourth-order valence-corrected chi connectivity index (χ4v) is 2.19. The number of unbranched alkanes of at least 4 members (excludes halogenated alkanes) is 2. The largest absolute Gasteiger partial charge is 0.355 e. The van der Waals surface area contributed by atoms with Crippen molar-refractivity contribution < 1.29 is 0 Å². The van der Waals surface area contributed by atoms with Crippen LogP contribution in [0.1, 0.15) is 37.3 Å². The van der Waals surface area contributed by atoms with Crippen molar-refractivity contribution in [3.63, 3.8) is 0 Å². The van der Waals surface area contributed by atoms with Crippen molar-refractivity contribution >= 4 is 11.4 Å². The second kappa shape index (κ2) is 7.40. The molecule has 0 saturated heterocycles. The lowest BCUT2D eigenvalue weighted by atomic mass is 10.1. The molecule has 0 unspecified atom stereocenters. The van der Waals surface area contributed by atoms with Crippen LogP contribution in [0.5, 0.6) is 0 Å². The van der Waals surface area contributed by atoms with Gasteiger partial charge in [0.05, 0.1) is 0 Å². The first kappa shape index (κ1) is 14.2. The Hall–Kier alpha value is -2.20. The molecule has 102 valence electrons. The maximum atomic E-state index is 5.41. The van der Waals surface area contributed by atoms with Gasteiger partial charge in [0.15, 0.2) is 0 Å². The zero-order valence-electron chi connectivity index (χ0n) is 12.0. The predicted octanol–water partition coefficient (Wildman–Crippen LogP) is 5.14. The molecule has 0 fully saturated rings. The van der Waals surface area contributed by atoms with Crippen molar-refractivity contribution in [3.05, 3.63) is 59.7 Å². The molecule has 0 aliphatic heterocycles. The number of hydrogen-bond acceptors (Lipinski definition) is 1. The first-order valence-electron chi connectivity index (χ1n) is 7.24. The summed E-state index contributed by atoms with van der Waals surface area (Å²) >= 11 is 0. The van der Waals surface area contributed by atoms with Crippen LogP contribution in [-0.2, 0) is 6.42 Å². The van der Waals surface area contributed by atoms with Crippen molar-refractivity contribution in [1.29, 1.82) is 0 Å². The highest BCUT2D eigenvalue weighted by atomic mass is 14.9. The highest BCUT2D eigenvalue weighted by Gasteiger charge is 1.97. The second-order valence-electron chi connectivity index (χ2n) is 5.00. The molecule has 20 heavy (non-hydrogen) atoms. The summed E-state index contributed by atoms with van der Waals surface area (Å²) < 4.78 is 0. The maximum absolute atomic E-state index is 5.41. The minimum atomic E-state index is 0.895. The average molecular weight is 263 g/mol. The smallest absolute Gasteiger partial charge is 0.0396 e. The van der Waals surface area contributed by atoms with Crippen molar-refractivity contribution in [2.45, 2.75) is 32.6 Å². The van der Waals surface area contributed by atoms with Crippen molar-refractivity contribution in [2.75, 3.05) is 5.32 Å². The van der Waals surface area contributed by atoms with Crippen LogP contribution >= 0.6 is 0 Å². The van der Waals surface area contributed by atoms with Gasteiger partial charge in [0.2, 0.25) is 0 Å². The second-order valence-corrected chi connectivity index (χ2v) is 5.00. The van der Waals surface area contributed by atoms with Crippen LogP contribution in [0.3, 0.4) is 0 Å². The van der Waals surface area contributed by atoms with E-state index in [1.165, 1.54) is 31.2 Å². The number of hydrogen-bond donors (Lipinski definition) is 1. The molecule has 0 bridgehead atoms. The SMILES string of the molecule is C#Cc1cccc(Nc2ccc(CCCCC)cc2)c1. The summed E-state index contributed by atoms with van der Waals surface area (Å²) in [4.78, 5) is 0. The topological polar surface area (TPSA) is 12.0 Å². The van der Waals surface area contributed by atoms with E-state index < -0.39 is 0 Å². The van der Waals surface area contributed by atoms with Gasteiger partial charge >= 0.3 is 0 Å². The molecular weight excluding hydrogens is 242 g/mol. The number of aryl methyl sites for hydroxylation is 1. The monoisotopic (exact) mass is 263 g/mol. The quantitative estimate of drug-likeness (QED) is 0.562. The van der Waals surface area contributed by atoms with Gasteiger partial charge in [-0.15, -0.1) is 6.42 Å². The Labute approximate surface area is 122 Å². The van der Waals surface area contributed by atoms with Gasteiger partial charge < -0.3 is 5.32 Å². The van der Waals surface area contributed by atoms with Gasteiger partial charge in [-0.05, 0) is 48.7 Å². The molecule has 0 aliphatic rings. The Bertz CT molecular complexity index is 575. The minimum Gasteiger partial charge on any atom is -0.355 e. The van der Waals surface area contributed by atoms with Crippen LogP contribution in [0, 0.1) is 12.3 Å². The summed E-state index contributed by atoms with van der Waals surface area (Å²) in [5.41, 5.74) is 4.42. The molecule has 1 N–H and O–H groups in total. The van der Waals surface area contributed by atoms with Crippen LogP contribution in [0.4, 0.5) is 11.4 Å². The number of anilines is 2. The van der Waals surface area contributed by atoms with E-state index in [4.69, 9.17) is 6.42 Å².